The number of carbonyl (C=O) groups is 2. The fourth-order valence-corrected chi connectivity index (χ4v) is 2.15. The Balaban J connectivity index is 5.83. The molecule has 0 rings (SSSR count). The number of unbranched alkanes of at least 4 members (excludes halogenated alkanes) is 1. The van der Waals surface area contributed by atoms with Gasteiger partial charge in [0.15, 0.2) is 5.54 Å². The first kappa shape index (κ1) is 23.9. The molecule has 0 aliphatic heterocycles. The molecule has 1 amide bonds. The molecule has 0 bridgehead atoms. The predicted molar refractivity (Wildman–Crippen MR) is 100 cm³/mol. The lowest BCUT2D eigenvalue weighted by Gasteiger charge is -2.42. The number of esters is 1. The van der Waals surface area contributed by atoms with Crippen LogP contribution < -0.4 is 5.73 Å². The zero-order chi connectivity index (χ0) is 20.1. The molecule has 0 aromatic rings. The van der Waals surface area contributed by atoms with Crippen LogP contribution in [0.2, 0.25) is 0 Å². The summed E-state index contributed by atoms with van der Waals surface area (Å²) in [6.07, 6.45) is 1.67. The van der Waals surface area contributed by atoms with Gasteiger partial charge in [0.25, 0.3) is 0 Å². The summed E-state index contributed by atoms with van der Waals surface area (Å²) < 4.78 is 11.5. The lowest BCUT2D eigenvalue weighted by atomic mass is 9.97. The molecule has 0 spiro atoms. The van der Waals surface area contributed by atoms with Gasteiger partial charge in [0.2, 0.25) is 5.91 Å². The number of carbonyl (C=O) groups excluding carboxylic acids is 2. The molecule has 6 heteroatoms. The highest BCUT2D eigenvalue weighted by atomic mass is 16.6. The molecule has 0 aliphatic carbocycles. The predicted octanol–water partition coefficient (Wildman–Crippen LogP) is 2.88. The highest BCUT2D eigenvalue weighted by Crippen LogP contribution is 2.25. The van der Waals surface area contributed by atoms with Gasteiger partial charge in [-0.15, -0.1) is 0 Å². The largest absolute Gasteiger partial charge is 0.458 e. The first-order valence-electron chi connectivity index (χ1n) is 9.08. The van der Waals surface area contributed by atoms with E-state index in [-0.39, 0.29) is 12.5 Å². The number of ether oxygens (including phenoxy) is 2. The molecule has 0 aromatic heterocycles. The highest BCUT2D eigenvalue weighted by molar-refractivity contribution is 5.90. The van der Waals surface area contributed by atoms with E-state index in [1.165, 1.54) is 4.90 Å². The van der Waals surface area contributed by atoms with Crippen molar-refractivity contribution < 1.29 is 19.1 Å². The summed E-state index contributed by atoms with van der Waals surface area (Å²) >= 11 is 0. The lowest BCUT2D eigenvalue weighted by Crippen LogP contribution is -2.62. The van der Waals surface area contributed by atoms with Gasteiger partial charge in [0.05, 0.1) is 18.2 Å². The van der Waals surface area contributed by atoms with Crippen molar-refractivity contribution in [1.82, 2.24) is 4.90 Å². The number of amides is 1. The smallest absolute Gasteiger partial charge is 0.334 e. The molecule has 0 radical (unpaired) electrons. The second kappa shape index (κ2) is 8.99. The van der Waals surface area contributed by atoms with Crippen LogP contribution >= 0.6 is 0 Å². The van der Waals surface area contributed by atoms with E-state index in [1.807, 2.05) is 27.7 Å². The topological polar surface area (TPSA) is 81.9 Å². The maximum absolute atomic E-state index is 13.0. The molecule has 148 valence electrons. The fraction of sp³-hybridized carbons (Fsp3) is 0.895. The van der Waals surface area contributed by atoms with E-state index >= 15 is 0 Å². The van der Waals surface area contributed by atoms with E-state index in [0.717, 1.165) is 12.8 Å². The van der Waals surface area contributed by atoms with Gasteiger partial charge in [0, 0.05) is 6.54 Å². The van der Waals surface area contributed by atoms with Gasteiger partial charge >= 0.3 is 5.97 Å². The summed E-state index contributed by atoms with van der Waals surface area (Å²) in [5, 5.41) is 0. The van der Waals surface area contributed by atoms with E-state index in [4.69, 9.17) is 15.2 Å². The maximum atomic E-state index is 13.0. The summed E-state index contributed by atoms with van der Waals surface area (Å²) in [4.78, 5) is 27.2. The van der Waals surface area contributed by atoms with Crippen LogP contribution in [0.25, 0.3) is 0 Å². The van der Waals surface area contributed by atoms with E-state index in [2.05, 4.69) is 0 Å². The van der Waals surface area contributed by atoms with Crippen molar-refractivity contribution in [3.05, 3.63) is 0 Å². The summed E-state index contributed by atoms with van der Waals surface area (Å²) in [6.45, 7) is 17.0. The number of hydrogen-bond donors (Lipinski definition) is 1. The Bertz CT molecular complexity index is 449. The molecule has 6 nitrogen and oxygen atoms in total. The Morgan fingerprint density at radius 1 is 1.04 bits per heavy atom. The monoisotopic (exact) mass is 358 g/mol. The van der Waals surface area contributed by atoms with Gasteiger partial charge in [-0.05, 0) is 61.8 Å². The molecular weight excluding hydrogens is 320 g/mol. The molecular formula is C19H38N2O4. The Hall–Kier alpha value is -1.14. The number of nitrogens with zero attached hydrogens (tertiary/aromatic N) is 1. The standard InChI is InChI=1S/C19H38N2O4/c1-10-11-12-21(15(22)14(2)20)19(9,13-24-17(3,4)5)16(23)25-18(6,7)8/h14H,10-13,20H2,1-9H3/t14-,19+/m1/s1. The minimum Gasteiger partial charge on any atom is -0.458 e. The maximum Gasteiger partial charge on any atom is 0.334 e. The van der Waals surface area contributed by atoms with Crippen molar-refractivity contribution in [2.45, 2.75) is 97.9 Å². The van der Waals surface area contributed by atoms with E-state index in [1.54, 1.807) is 34.6 Å². The third-order valence-corrected chi connectivity index (χ3v) is 3.61. The van der Waals surface area contributed by atoms with Gasteiger partial charge in [-0.25, -0.2) is 4.79 Å². The van der Waals surface area contributed by atoms with Crippen molar-refractivity contribution in [3.63, 3.8) is 0 Å². The quantitative estimate of drug-likeness (QED) is 0.675. The highest BCUT2D eigenvalue weighted by Gasteiger charge is 2.46. The van der Waals surface area contributed by atoms with Crippen molar-refractivity contribution in [3.8, 4) is 0 Å². The van der Waals surface area contributed by atoms with Crippen LogP contribution in [0.4, 0.5) is 0 Å². The van der Waals surface area contributed by atoms with Gasteiger partial charge in [-0.2, -0.15) is 0 Å². The molecule has 0 aromatic carbocycles. The minimum absolute atomic E-state index is 0.0492. The van der Waals surface area contributed by atoms with Crippen LogP contribution in [-0.4, -0.2) is 52.7 Å². The zero-order valence-corrected chi connectivity index (χ0v) is 17.6. The molecule has 0 saturated carbocycles. The number of rotatable bonds is 8. The summed E-state index contributed by atoms with van der Waals surface area (Å²) in [5.41, 5.74) is 3.49. The average molecular weight is 359 g/mol. The summed E-state index contributed by atoms with van der Waals surface area (Å²) in [7, 11) is 0. The molecule has 2 N–H and O–H groups in total. The van der Waals surface area contributed by atoms with Crippen LogP contribution in [0.3, 0.4) is 0 Å². The normalized spacial score (nSPS) is 16.1. The number of hydrogen-bond acceptors (Lipinski definition) is 5. The van der Waals surface area contributed by atoms with E-state index in [9.17, 15) is 9.59 Å². The van der Waals surface area contributed by atoms with Crippen LogP contribution in [-0.2, 0) is 19.1 Å². The first-order chi connectivity index (χ1) is 11.1. The molecule has 2 atom stereocenters. The molecule has 0 aliphatic rings. The average Bonchev–Trinajstić information content (AvgIpc) is 2.42. The molecule has 0 fully saturated rings. The molecule has 0 saturated heterocycles. The van der Waals surface area contributed by atoms with Crippen LogP contribution in [0, 0.1) is 0 Å². The van der Waals surface area contributed by atoms with Crippen molar-refractivity contribution >= 4 is 11.9 Å². The van der Waals surface area contributed by atoms with Gasteiger partial charge in [0.1, 0.15) is 5.60 Å². The van der Waals surface area contributed by atoms with E-state index < -0.39 is 28.8 Å². The second-order valence-electron chi connectivity index (χ2n) is 8.81. The number of nitrogens with two attached hydrogens (primary N) is 1. The van der Waals surface area contributed by atoms with Crippen molar-refractivity contribution in [1.29, 1.82) is 0 Å². The summed E-state index contributed by atoms with van der Waals surface area (Å²) in [5.74, 6) is -0.756. The van der Waals surface area contributed by atoms with Gasteiger partial charge < -0.3 is 20.1 Å². The molecule has 25 heavy (non-hydrogen) atoms. The van der Waals surface area contributed by atoms with Gasteiger partial charge in [-0.1, -0.05) is 13.3 Å². The van der Waals surface area contributed by atoms with Crippen LogP contribution in [0.1, 0.15) is 75.2 Å². The van der Waals surface area contributed by atoms with E-state index in [0.29, 0.717) is 6.54 Å². The Morgan fingerprint density at radius 3 is 1.92 bits per heavy atom. The van der Waals surface area contributed by atoms with Crippen LogP contribution in [0.5, 0.6) is 0 Å². The lowest BCUT2D eigenvalue weighted by molar-refractivity contribution is -0.181. The summed E-state index contributed by atoms with van der Waals surface area (Å²) in [6, 6.07) is -0.701. The first-order valence-corrected chi connectivity index (χ1v) is 9.08. The van der Waals surface area contributed by atoms with Crippen molar-refractivity contribution in [2.24, 2.45) is 5.73 Å². The third kappa shape index (κ3) is 8.19. The van der Waals surface area contributed by atoms with Crippen LogP contribution in [0.15, 0.2) is 0 Å². The fourth-order valence-electron chi connectivity index (χ4n) is 2.15. The third-order valence-electron chi connectivity index (χ3n) is 3.61. The zero-order valence-electron chi connectivity index (χ0n) is 17.6. The van der Waals surface area contributed by atoms with Gasteiger partial charge in [-0.3, -0.25) is 4.79 Å². The SMILES string of the molecule is CCCCN(C(=O)[C@@H](C)N)[C@@](C)(COC(C)(C)C)C(=O)OC(C)(C)C. The minimum atomic E-state index is -1.24. The Labute approximate surface area is 153 Å². The Morgan fingerprint density at radius 2 is 1.56 bits per heavy atom. The molecule has 0 unspecified atom stereocenters. The van der Waals surface area contributed by atoms with Crippen molar-refractivity contribution in [2.75, 3.05) is 13.2 Å². The molecule has 0 heterocycles. The Kier molecular flexibility index (Phi) is 8.58. The second-order valence-corrected chi connectivity index (χ2v) is 8.81.